The summed E-state index contributed by atoms with van der Waals surface area (Å²) < 4.78 is 0. The number of thioether (sulfide) groups is 1. The van der Waals surface area contributed by atoms with Crippen LogP contribution >= 0.6 is 11.8 Å². The van der Waals surface area contributed by atoms with Crippen LogP contribution in [0.4, 0.5) is 5.82 Å². The normalized spacial score (nSPS) is 10.1. The van der Waals surface area contributed by atoms with E-state index in [4.69, 9.17) is 5.26 Å². The van der Waals surface area contributed by atoms with Crippen LogP contribution in [0.2, 0.25) is 0 Å². The molecule has 0 saturated carbocycles. The van der Waals surface area contributed by atoms with Crippen LogP contribution in [-0.2, 0) is 11.2 Å². The first-order valence-electron chi connectivity index (χ1n) is 7.46. The predicted molar refractivity (Wildman–Crippen MR) is 91.2 cm³/mol. The fraction of sp³-hybridized carbons (Fsp3) is 0.294. The highest BCUT2D eigenvalue weighted by Crippen LogP contribution is 2.22. The molecule has 1 N–H and O–H groups in total. The van der Waals surface area contributed by atoms with E-state index in [1.165, 1.54) is 11.8 Å². The Morgan fingerprint density at radius 2 is 2.22 bits per heavy atom. The number of nitrogens with zero attached hydrogens (tertiary/aromatic N) is 3. The van der Waals surface area contributed by atoms with E-state index in [9.17, 15) is 4.79 Å². The number of aryl methyl sites for hydroxylation is 1. The highest BCUT2D eigenvalue weighted by atomic mass is 32.2. The van der Waals surface area contributed by atoms with E-state index in [1.807, 2.05) is 12.1 Å². The van der Waals surface area contributed by atoms with Crippen molar-refractivity contribution in [1.82, 2.24) is 9.97 Å². The molecule has 118 valence electrons. The zero-order valence-electron chi connectivity index (χ0n) is 13.0. The molecule has 5 nitrogen and oxygen atoms in total. The first kappa shape index (κ1) is 17.0. The molecule has 1 amide bonds. The van der Waals surface area contributed by atoms with Crippen molar-refractivity contribution in [2.24, 2.45) is 0 Å². The Bertz CT molecular complexity index is 697. The fourth-order valence-electron chi connectivity index (χ4n) is 1.95. The lowest BCUT2D eigenvalue weighted by Gasteiger charge is -2.06. The van der Waals surface area contributed by atoms with Crippen molar-refractivity contribution in [2.45, 2.75) is 31.2 Å². The molecule has 0 atom stereocenters. The number of hydrogen-bond acceptors (Lipinski definition) is 5. The Morgan fingerprint density at radius 1 is 1.35 bits per heavy atom. The lowest BCUT2D eigenvalue weighted by molar-refractivity contribution is -0.115. The number of amides is 1. The van der Waals surface area contributed by atoms with Crippen molar-refractivity contribution in [3.8, 4) is 6.07 Å². The predicted octanol–water partition coefficient (Wildman–Crippen LogP) is 3.42. The number of carbonyl (C=O) groups is 1. The molecule has 2 aromatic rings. The highest BCUT2D eigenvalue weighted by molar-refractivity contribution is 7.99. The smallest absolute Gasteiger partial charge is 0.226 e. The maximum Gasteiger partial charge on any atom is 0.226 e. The van der Waals surface area contributed by atoms with Gasteiger partial charge in [-0.1, -0.05) is 19.4 Å². The first-order valence-corrected chi connectivity index (χ1v) is 8.45. The Balaban J connectivity index is 1.89. The topological polar surface area (TPSA) is 78.7 Å². The summed E-state index contributed by atoms with van der Waals surface area (Å²) in [5.74, 6) is 1.01. The van der Waals surface area contributed by atoms with E-state index in [0.717, 1.165) is 18.5 Å². The molecule has 0 bridgehead atoms. The summed E-state index contributed by atoms with van der Waals surface area (Å²) in [4.78, 5) is 20.4. The van der Waals surface area contributed by atoms with Crippen LogP contribution in [0.15, 0.2) is 41.6 Å². The molecule has 0 saturated heterocycles. The zero-order chi connectivity index (χ0) is 16.5. The Kier molecular flexibility index (Phi) is 6.57. The van der Waals surface area contributed by atoms with Gasteiger partial charge in [-0.15, -0.1) is 11.8 Å². The quantitative estimate of drug-likeness (QED) is 0.789. The number of nitriles is 1. The molecule has 0 unspecified atom stereocenters. The molecule has 0 aliphatic rings. The van der Waals surface area contributed by atoms with Gasteiger partial charge in [0.15, 0.2) is 0 Å². The number of aromatic nitrogens is 2. The molecule has 0 aromatic carbocycles. The lowest BCUT2D eigenvalue weighted by atomic mass is 10.2. The second kappa shape index (κ2) is 8.91. The molecule has 23 heavy (non-hydrogen) atoms. The van der Waals surface area contributed by atoms with Gasteiger partial charge < -0.3 is 5.32 Å². The van der Waals surface area contributed by atoms with E-state index in [2.05, 4.69) is 28.3 Å². The molecule has 2 heterocycles. The second-order valence-electron chi connectivity index (χ2n) is 4.88. The maximum absolute atomic E-state index is 11.9. The van der Waals surface area contributed by atoms with Gasteiger partial charge in [0.05, 0.1) is 5.56 Å². The number of nitrogens with one attached hydrogen (secondary N) is 1. The summed E-state index contributed by atoms with van der Waals surface area (Å²) in [5, 5.41) is 12.6. The molecule has 0 spiro atoms. The van der Waals surface area contributed by atoms with Crippen molar-refractivity contribution in [2.75, 3.05) is 11.1 Å². The van der Waals surface area contributed by atoms with Gasteiger partial charge in [-0.25, -0.2) is 9.97 Å². The number of anilines is 1. The van der Waals surface area contributed by atoms with Crippen LogP contribution in [0.25, 0.3) is 0 Å². The lowest BCUT2D eigenvalue weighted by Crippen LogP contribution is -2.13. The third kappa shape index (κ3) is 5.38. The third-order valence-electron chi connectivity index (χ3n) is 3.04. The van der Waals surface area contributed by atoms with Crippen LogP contribution in [0, 0.1) is 11.3 Å². The van der Waals surface area contributed by atoms with Crippen LogP contribution in [0.5, 0.6) is 0 Å². The van der Waals surface area contributed by atoms with Crippen LogP contribution in [0.1, 0.15) is 31.0 Å². The molecule has 0 fully saturated rings. The number of pyridine rings is 2. The van der Waals surface area contributed by atoms with Gasteiger partial charge in [0.2, 0.25) is 5.91 Å². The largest absolute Gasteiger partial charge is 0.311 e. The molecular formula is C17H18N4OS. The summed E-state index contributed by atoms with van der Waals surface area (Å²) >= 11 is 1.44. The van der Waals surface area contributed by atoms with Gasteiger partial charge in [0.25, 0.3) is 0 Å². The van der Waals surface area contributed by atoms with E-state index in [0.29, 0.717) is 28.6 Å². The number of rotatable bonds is 7. The first-order chi connectivity index (χ1) is 11.2. The van der Waals surface area contributed by atoms with Gasteiger partial charge in [-0.05, 0) is 30.7 Å². The van der Waals surface area contributed by atoms with Crippen molar-refractivity contribution in [3.05, 3.63) is 47.8 Å². The second-order valence-corrected chi connectivity index (χ2v) is 5.96. The molecule has 0 radical (unpaired) electrons. The average molecular weight is 326 g/mol. The van der Waals surface area contributed by atoms with Crippen molar-refractivity contribution < 1.29 is 4.79 Å². The minimum Gasteiger partial charge on any atom is -0.311 e. The summed E-state index contributed by atoms with van der Waals surface area (Å²) in [6.07, 6.45) is 3.87. The summed E-state index contributed by atoms with van der Waals surface area (Å²) in [5.41, 5.74) is 1.53. The minimum atomic E-state index is -0.0978. The highest BCUT2D eigenvalue weighted by Gasteiger charge is 2.08. The molecule has 6 heteroatoms. The average Bonchev–Trinajstić information content (AvgIpc) is 2.56. The summed E-state index contributed by atoms with van der Waals surface area (Å²) in [6, 6.07) is 11.2. The minimum absolute atomic E-state index is 0.0978. The Hall–Kier alpha value is -2.39. The van der Waals surface area contributed by atoms with Crippen molar-refractivity contribution >= 4 is 23.5 Å². The molecule has 0 aliphatic carbocycles. The van der Waals surface area contributed by atoms with Crippen LogP contribution in [0.3, 0.4) is 0 Å². The van der Waals surface area contributed by atoms with E-state index in [1.54, 1.807) is 24.4 Å². The number of hydrogen-bond donors (Lipinski definition) is 1. The van der Waals surface area contributed by atoms with Crippen LogP contribution in [-0.4, -0.2) is 21.6 Å². The Labute approximate surface area is 140 Å². The van der Waals surface area contributed by atoms with Crippen molar-refractivity contribution in [3.63, 3.8) is 0 Å². The van der Waals surface area contributed by atoms with Crippen LogP contribution < -0.4 is 5.32 Å². The van der Waals surface area contributed by atoms with Gasteiger partial charge in [0, 0.05) is 24.1 Å². The van der Waals surface area contributed by atoms with Gasteiger partial charge in [-0.2, -0.15) is 5.26 Å². The van der Waals surface area contributed by atoms with E-state index < -0.39 is 0 Å². The zero-order valence-corrected chi connectivity index (χ0v) is 13.8. The summed E-state index contributed by atoms with van der Waals surface area (Å²) in [7, 11) is 0. The monoisotopic (exact) mass is 326 g/mol. The number of carbonyl (C=O) groups excluding carboxylic acids is 1. The standard InChI is InChI=1S/C17H18N4OS/c1-2-5-14-8-7-13(12-18)17(20-14)23-11-9-16(22)21-15-6-3-4-10-19-15/h3-4,6-8,10H,2,5,9,11H2,1H3,(H,19,21,22). The molecule has 0 aliphatic heterocycles. The van der Waals surface area contributed by atoms with Gasteiger partial charge in [-0.3, -0.25) is 4.79 Å². The molecule has 2 rings (SSSR count). The fourth-order valence-corrected chi connectivity index (χ4v) is 2.88. The van der Waals surface area contributed by atoms with Gasteiger partial charge in [0.1, 0.15) is 16.9 Å². The summed E-state index contributed by atoms with van der Waals surface area (Å²) in [6.45, 7) is 2.09. The third-order valence-corrected chi connectivity index (χ3v) is 4.04. The van der Waals surface area contributed by atoms with E-state index in [-0.39, 0.29) is 5.91 Å². The van der Waals surface area contributed by atoms with Gasteiger partial charge >= 0.3 is 0 Å². The SMILES string of the molecule is CCCc1ccc(C#N)c(SCCC(=O)Nc2ccccn2)n1. The Morgan fingerprint density at radius 3 is 2.91 bits per heavy atom. The molecular weight excluding hydrogens is 308 g/mol. The maximum atomic E-state index is 11.9. The molecule has 2 aromatic heterocycles. The van der Waals surface area contributed by atoms with Crippen molar-refractivity contribution in [1.29, 1.82) is 5.26 Å². The van der Waals surface area contributed by atoms with E-state index >= 15 is 0 Å².